The Morgan fingerprint density at radius 2 is 1.29 bits per heavy atom. The summed E-state index contributed by atoms with van der Waals surface area (Å²) in [7, 11) is 0. The first kappa shape index (κ1) is 16.7. The molecule has 0 atom stereocenters. The summed E-state index contributed by atoms with van der Waals surface area (Å²) < 4.78 is 0. The Kier molecular flexibility index (Phi) is 13.5. The lowest BCUT2D eigenvalue weighted by Gasteiger charge is -2.14. The van der Waals surface area contributed by atoms with Crippen LogP contribution in [0.4, 0.5) is 0 Å². The topological polar surface area (TPSA) is 3.24 Å². The van der Waals surface area contributed by atoms with Gasteiger partial charge in [0.2, 0.25) is 0 Å². The molecule has 0 aromatic carbocycles. The van der Waals surface area contributed by atoms with Gasteiger partial charge in [-0.05, 0) is 25.9 Å². The second kappa shape index (κ2) is 13.8. The number of hydrogen-bond donors (Lipinski definition) is 0. The van der Waals surface area contributed by atoms with Crippen molar-refractivity contribution >= 4 is 0 Å². The van der Waals surface area contributed by atoms with E-state index in [1.165, 1.54) is 51.4 Å². The molecule has 0 aromatic rings. The van der Waals surface area contributed by atoms with Crippen LogP contribution in [-0.2, 0) is 0 Å². The van der Waals surface area contributed by atoms with Crippen molar-refractivity contribution in [3.8, 4) is 0 Å². The maximum Gasteiger partial charge on any atom is 0.0162 e. The van der Waals surface area contributed by atoms with E-state index in [1.54, 1.807) is 0 Å². The molecule has 0 bridgehead atoms. The predicted octanol–water partition coefficient (Wildman–Crippen LogP) is 5.03. The maximum atomic E-state index is 2.45. The lowest BCUT2D eigenvalue weighted by atomic mass is 10.1. The van der Waals surface area contributed by atoms with Crippen LogP contribution in [0.1, 0.15) is 72.1 Å². The summed E-state index contributed by atoms with van der Waals surface area (Å²) in [6.07, 6.45) is 15.9. The average molecular weight is 239 g/mol. The molecule has 0 heterocycles. The second-order valence-electron chi connectivity index (χ2n) is 4.87. The molecule has 0 unspecified atom stereocenters. The van der Waals surface area contributed by atoms with Crippen LogP contribution >= 0.6 is 0 Å². The van der Waals surface area contributed by atoms with E-state index in [1.807, 2.05) is 0 Å². The number of unbranched alkanes of at least 4 members (excludes halogenated alkanes) is 7. The van der Waals surface area contributed by atoms with E-state index in [0.29, 0.717) is 0 Å². The van der Waals surface area contributed by atoms with E-state index in [9.17, 15) is 0 Å². The summed E-state index contributed by atoms with van der Waals surface area (Å²) in [6.45, 7) is 10.2. The molecule has 0 N–H and O–H groups in total. The van der Waals surface area contributed by atoms with Gasteiger partial charge < -0.3 is 4.90 Å². The summed E-state index contributed by atoms with van der Waals surface area (Å²) in [5, 5.41) is 0. The first-order chi connectivity index (χ1) is 8.35. The van der Waals surface area contributed by atoms with Gasteiger partial charge >= 0.3 is 0 Å². The highest BCUT2D eigenvalue weighted by Gasteiger charge is 1.93. The standard InChI is InChI=1S/C16H33N/c1-4-7-8-9-10-11-12-13-14-15-16-17(5-2)6-3/h14-15H,4-13,16H2,1-3H3. The Labute approximate surface area is 109 Å². The maximum absolute atomic E-state index is 2.45. The molecule has 0 aliphatic rings. The predicted molar refractivity (Wildman–Crippen MR) is 79.5 cm³/mol. The fourth-order valence-electron chi connectivity index (χ4n) is 2.04. The Balaban J connectivity index is 3.19. The van der Waals surface area contributed by atoms with Crippen LogP contribution in [0.15, 0.2) is 12.2 Å². The molecule has 0 spiro atoms. The van der Waals surface area contributed by atoms with Crippen molar-refractivity contribution in [2.75, 3.05) is 19.6 Å². The van der Waals surface area contributed by atoms with Crippen molar-refractivity contribution in [3.63, 3.8) is 0 Å². The first-order valence-corrected chi connectivity index (χ1v) is 7.72. The highest BCUT2D eigenvalue weighted by Crippen LogP contribution is 2.08. The molecule has 0 amide bonds. The molecule has 0 saturated carbocycles. The molecule has 0 fully saturated rings. The SMILES string of the molecule is CCCCCCCCCC=CCN(CC)CC. The Hall–Kier alpha value is -0.300. The van der Waals surface area contributed by atoms with Gasteiger partial charge in [-0.3, -0.25) is 0 Å². The van der Waals surface area contributed by atoms with E-state index in [2.05, 4.69) is 37.8 Å². The van der Waals surface area contributed by atoms with Crippen molar-refractivity contribution in [2.24, 2.45) is 0 Å². The molecule has 0 aliphatic heterocycles. The van der Waals surface area contributed by atoms with Gasteiger partial charge in [0.25, 0.3) is 0 Å². The first-order valence-electron chi connectivity index (χ1n) is 7.72. The number of likely N-dealkylation sites (N-methyl/N-ethyl adjacent to an activating group) is 1. The highest BCUT2D eigenvalue weighted by molar-refractivity contribution is 4.84. The minimum Gasteiger partial charge on any atom is -0.300 e. The van der Waals surface area contributed by atoms with Gasteiger partial charge in [0.1, 0.15) is 0 Å². The number of nitrogens with zero attached hydrogens (tertiary/aromatic N) is 1. The Morgan fingerprint density at radius 1 is 0.706 bits per heavy atom. The lowest BCUT2D eigenvalue weighted by Crippen LogP contribution is -2.22. The van der Waals surface area contributed by atoms with Gasteiger partial charge in [0, 0.05) is 6.54 Å². The smallest absolute Gasteiger partial charge is 0.0162 e. The normalized spacial score (nSPS) is 11.8. The largest absolute Gasteiger partial charge is 0.300 e. The number of allylic oxidation sites excluding steroid dienone is 1. The van der Waals surface area contributed by atoms with Crippen molar-refractivity contribution in [1.29, 1.82) is 0 Å². The van der Waals surface area contributed by atoms with Crippen LogP contribution in [0, 0.1) is 0 Å². The fourth-order valence-corrected chi connectivity index (χ4v) is 2.04. The van der Waals surface area contributed by atoms with Crippen molar-refractivity contribution in [2.45, 2.75) is 72.1 Å². The van der Waals surface area contributed by atoms with Gasteiger partial charge in [-0.25, -0.2) is 0 Å². The van der Waals surface area contributed by atoms with Gasteiger partial charge in [0.15, 0.2) is 0 Å². The molecule has 0 rings (SSSR count). The van der Waals surface area contributed by atoms with Crippen LogP contribution in [0.2, 0.25) is 0 Å². The number of rotatable bonds is 12. The third-order valence-corrected chi connectivity index (χ3v) is 3.40. The van der Waals surface area contributed by atoms with E-state index in [-0.39, 0.29) is 0 Å². The summed E-state index contributed by atoms with van der Waals surface area (Å²) in [4.78, 5) is 2.45. The Bertz CT molecular complexity index is 159. The second-order valence-corrected chi connectivity index (χ2v) is 4.87. The molecule has 0 radical (unpaired) electrons. The zero-order chi connectivity index (χ0) is 12.8. The zero-order valence-corrected chi connectivity index (χ0v) is 12.4. The minimum atomic E-state index is 1.13. The third-order valence-electron chi connectivity index (χ3n) is 3.40. The number of hydrogen-bond acceptors (Lipinski definition) is 1. The minimum absolute atomic E-state index is 1.13. The summed E-state index contributed by atoms with van der Waals surface area (Å²) in [5.74, 6) is 0. The van der Waals surface area contributed by atoms with Crippen LogP contribution in [0.3, 0.4) is 0 Å². The van der Waals surface area contributed by atoms with Gasteiger partial charge in [-0.15, -0.1) is 0 Å². The summed E-state index contributed by atoms with van der Waals surface area (Å²) in [5.41, 5.74) is 0. The zero-order valence-electron chi connectivity index (χ0n) is 12.4. The van der Waals surface area contributed by atoms with Crippen molar-refractivity contribution < 1.29 is 0 Å². The molecule has 0 aromatic heterocycles. The molecule has 0 aliphatic carbocycles. The molecule has 17 heavy (non-hydrogen) atoms. The average Bonchev–Trinajstić information content (AvgIpc) is 2.36. The molecule has 102 valence electrons. The Morgan fingerprint density at radius 3 is 1.88 bits per heavy atom. The van der Waals surface area contributed by atoms with Crippen molar-refractivity contribution in [3.05, 3.63) is 12.2 Å². The molecular weight excluding hydrogens is 206 g/mol. The van der Waals surface area contributed by atoms with Gasteiger partial charge in [0.05, 0.1) is 0 Å². The lowest BCUT2D eigenvalue weighted by molar-refractivity contribution is 0.337. The molecular formula is C16H33N. The van der Waals surface area contributed by atoms with Crippen LogP contribution in [-0.4, -0.2) is 24.5 Å². The quantitative estimate of drug-likeness (QED) is 0.341. The van der Waals surface area contributed by atoms with E-state index in [0.717, 1.165) is 19.6 Å². The van der Waals surface area contributed by atoms with Gasteiger partial charge in [-0.1, -0.05) is 71.4 Å². The third kappa shape index (κ3) is 12.0. The van der Waals surface area contributed by atoms with Crippen LogP contribution < -0.4 is 0 Å². The van der Waals surface area contributed by atoms with Gasteiger partial charge in [-0.2, -0.15) is 0 Å². The summed E-state index contributed by atoms with van der Waals surface area (Å²) >= 11 is 0. The summed E-state index contributed by atoms with van der Waals surface area (Å²) in [6, 6.07) is 0. The molecule has 0 saturated heterocycles. The monoisotopic (exact) mass is 239 g/mol. The fraction of sp³-hybridized carbons (Fsp3) is 0.875. The van der Waals surface area contributed by atoms with Crippen LogP contribution in [0.5, 0.6) is 0 Å². The van der Waals surface area contributed by atoms with E-state index in [4.69, 9.17) is 0 Å². The molecule has 1 heteroatoms. The van der Waals surface area contributed by atoms with Crippen molar-refractivity contribution in [1.82, 2.24) is 4.90 Å². The van der Waals surface area contributed by atoms with E-state index < -0.39 is 0 Å². The molecule has 1 nitrogen and oxygen atoms in total. The highest BCUT2D eigenvalue weighted by atomic mass is 15.1. The van der Waals surface area contributed by atoms with Crippen LogP contribution in [0.25, 0.3) is 0 Å². The van der Waals surface area contributed by atoms with E-state index >= 15 is 0 Å².